The fraction of sp³-hybridized carbons (Fsp3) is 0.440. The Morgan fingerprint density at radius 3 is 2.22 bits per heavy atom. The Morgan fingerprint density at radius 2 is 1.67 bits per heavy atom. The maximum absolute atomic E-state index is 13.5. The van der Waals surface area contributed by atoms with E-state index < -0.39 is 46.2 Å². The number of rotatable bonds is 10. The molecule has 1 atom stereocenters. The number of amides is 2. The van der Waals surface area contributed by atoms with Gasteiger partial charge in [-0.1, -0.05) is 44.2 Å². The lowest BCUT2D eigenvalue weighted by Gasteiger charge is -2.32. The van der Waals surface area contributed by atoms with Gasteiger partial charge in [0.05, 0.1) is 17.5 Å². The van der Waals surface area contributed by atoms with Crippen LogP contribution in [-0.2, 0) is 32.3 Å². The highest BCUT2D eigenvalue weighted by molar-refractivity contribution is 7.92. The Kier molecular flexibility index (Phi) is 9.53. The van der Waals surface area contributed by atoms with Crippen molar-refractivity contribution in [3.8, 4) is 0 Å². The zero-order valence-electron chi connectivity index (χ0n) is 21.0. The van der Waals surface area contributed by atoms with Crippen LogP contribution in [0.4, 0.5) is 18.9 Å². The highest BCUT2D eigenvalue weighted by atomic mass is 32.2. The average molecular weight is 528 g/mol. The molecule has 1 N–H and O–H groups in total. The van der Waals surface area contributed by atoms with E-state index in [-0.39, 0.29) is 18.2 Å². The highest BCUT2D eigenvalue weighted by Gasteiger charge is 2.33. The van der Waals surface area contributed by atoms with E-state index in [0.29, 0.717) is 16.9 Å². The van der Waals surface area contributed by atoms with Crippen molar-refractivity contribution in [3.63, 3.8) is 0 Å². The predicted molar refractivity (Wildman–Crippen MR) is 133 cm³/mol. The van der Waals surface area contributed by atoms with Crippen molar-refractivity contribution >= 4 is 27.5 Å². The molecule has 0 heterocycles. The molecule has 0 aliphatic heterocycles. The third kappa shape index (κ3) is 7.97. The second-order valence-electron chi connectivity index (χ2n) is 9.08. The van der Waals surface area contributed by atoms with Crippen LogP contribution < -0.4 is 9.62 Å². The molecule has 0 spiro atoms. The zero-order chi connectivity index (χ0) is 27.3. The number of nitrogens with zero attached hydrogens (tertiary/aromatic N) is 2. The minimum atomic E-state index is -4.69. The number of hydrogen-bond donors (Lipinski definition) is 1. The molecule has 11 heteroatoms. The molecule has 7 nitrogen and oxygen atoms in total. The van der Waals surface area contributed by atoms with Crippen molar-refractivity contribution in [1.82, 2.24) is 10.2 Å². The number of nitrogens with one attached hydrogen (secondary N) is 1. The molecule has 0 unspecified atom stereocenters. The van der Waals surface area contributed by atoms with Gasteiger partial charge in [0.25, 0.3) is 0 Å². The van der Waals surface area contributed by atoms with E-state index in [0.717, 1.165) is 29.5 Å². The monoisotopic (exact) mass is 527 g/mol. The van der Waals surface area contributed by atoms with Crippen LogP contribution in [0.15, 0.2) is 48.5 Å². The van der Waals surface area contributed by atoms with E-state index in [9.17, 15) is 31.2 Å². The highest BCUT2D eigenvalue weighted by Crippen LogP contribution is 2.32. The van der Waals surface area contributed by atoms with E-state index >= 15 is 0 Å². The summed E-state index contributed by atoms with van der Waals surface area (Å²) in [6.45, 7) is 6.83. The Hall–Kier alpha value is -3.08. The molecule has 36 heavy (non-hydrogen) atoms. The summed E-state index contributed by atoms with van der Waals surface area (Å²) in [5, 5.41) is 2.77. The lowest BCUT2D eigenvalue weighted by Crippen LogP contribution is -2.51. The van der Waals surface area contributed by atoms with Gasteiger partial charge in [-0.2, -0.15) is 13.2 Å². The fourth-order valence-corrected chi connectivity index (χ4v) is 4.30. The third-order valence-corrected chi connectivity index (χ3v) is 6.74. The Balaban J connectivity index is 2.44. The molecule has 0 aromatic heterocycles. The first kappa shape index (κ1) is 29.2. The molecule has 2 aromatic rings. The normalized spacial score (nSPS) is 12.8. The van der Waals surface area contributed by atoms with Crippen molar-refractivity contribution in [2.75, 3.05) is 23.7 Å². The van der Waals surface area contributed by atoms with Gasteiger partial charge in [0.1, 0.15) is 12.6 Å². The van der Waals surface area contributed by atoms with Gasteiger partial charge in [0.2, 0.25) is 21.8 Å². The molecule has 0 radical (unpaired) electrons. The van der Waals surface area contributed by atoms with Crippen LogP contribution in [0.5, 0.6) is 0 Å². The quantitative estimate of drug-likeness (QED) is 0.507. The second-order valence-corrected chi connectivity index (χ2v) is 11.0. The van der Waals surface area contributed by atoms with Crippen molar-refractivity contribution in [3.05, 3.63) is 65.2 Å². The van der Waals surface area contributed by atoms with Gasteiger partial charge in [-0.3, -0.25) is 13.9 Å². The molecule has 0 bridgehead atoms. The van der Waals surface area contributed by atoms with E-state index in [1.807, 2.05) is 32.9 Å². The van der Waals surface area contributed by atoms with E-state index in [1.165, 1.54) is 17.9 Å². The van der Waals surface area contributed by atoms with Gasteiger partial charge in [-0.25, -0.2) is 8.42 Å². The number of carbonyl (C=O) groups is 2. The number of anilines is 1. The smallest absolute Gasteiger partial charge is 0.354 e. The average Bonchev–Trinajstić information content (AvgIpc) is 2.78. The SMILES string of the molecule is Cc1ccccc1CN(C(=O)CN(c1cccc(C(F)(F)F)c1)S(C)(=O)=O)[C@@H](C)C(=O)NCC(C)C. The molecule has 0 saturated carbocycles. The van der Waals surface area contributed by atoms with E-state index in [4.69, 9.17) is 0 Å². The topological polar surface area (TPSA) is 86.8 Å². The summed E-state index contributed by atoms with van der Waals surface area (Å²) >= 11 is 0. The molecule has 0 saturated heterocycles. The van der Waals surface area contributed by atoms with Gasteiger partial charge in [-0.05, 0) is 49.1 Å². The van der Waals surface area contributed by atoms with Crippen LogP contribution >= 0.6 is 0 Å². The summed E-state index contributed by atoms with van der Waals surface area (Å²) in [6, 6.07) is 10.0. The largest absolute Gasteiger partial charge is 0.416 e. The molecule has 2 amide bonds. The predicted octanol–water partition coefficient (Wildman–Crippen LogP) is 3.97. The van der Waals surface area contributed by atoms with Crippen LogP contribution in [0, 0.1) is 12.8 Å². The lowest BCUT2D eigenvalue weighted by atomic mass is 10.1. The summed E-state index contributed by atoms with van der Waals surface area (Å²) in [4.78, 5) is 27.5. The van der Waals surface area contributed by atoms with Crippen LogP contribution in [-0.4, -0.2) is 50.5 Å². The van der Waals surface area contributed by atoms with Gasteiger partial charge < -0.3 is 10.2 Å². The number of halogens is 3. The summed E-state index contributed by atoms with van der Waals surface area (Å²) < 4.78 is 65.4. The molecule has 0 aliphatic carbocycles. The summed E-state index contributed by atoms with van der Waals surface area (Å²) in [7, 11) is -4.14. The number of aryl methyl sites for hydroxylation is 1. The van der Waals surface area contributed by atoms with Crippen LogP contribution in [0.2, 0.25) is 0 Å². The number of hydrogen-bond acceptors (Lipinski definition) is 4. The molecule has 198 valence electrons. The maximum atomic E-state index is 13.5. The first-order chi connectivity index (χ1) is 16.6. The van der Waals surface area contributed by atoms with Gasteiger partial charge in [0.15, 0.2) is 0 Å². The number of carbonyl (C=O) groups excluding carboxylic acids is 2. The van der Waals surface area contributed by atoms with Crippen molar-refractivity contribution in [2.45, 2.75) is 46.5 Å². The standard InChI is InChI=1S/C25H32F3N3O4S/c1-17(2)14-29-24(33)19(4)30(15-20-10-7-6-9-18(20)3)23(32)16-31(36(5,34)35)22-12-8-11-21(13-22)25(26,27)28/h6-13,17,19H,14-16H2,1-5H3,(H,29,33)/t19-/m0/s1. The van der Waals surface area contributed by atoms with Gasteiger partial charge >= 0.3 is 6.18 Å². The number of benzene rings is 2. The van der Waals surface area contributed by atoms with Gasteiger partial charge in [0, 0.05) is 13.1 Å². The van der Waals surface area contributed by atoms with Crippen LogP contribution in [0.1, 0.15) is 37.5 Å². The van der Waals surface area contributed by atoms with E-state index in [1.54, 1.807) is 12.1 Å². The Bertz CT molecular complexity index is 1180. The fourth-order valence-electron chi connectivity index (χ4n) is 3.46. The molecular formula is C25H32F3N3O4S. The molecular weight excluding hydrogens is 495 g/mol. The minimum absolute atomic E-state index is 0.0158. The molecule has 2 aromatic carbocycles. The van der Waals surface area contributed by atoms with Crippen molar-refractivity contribution in [2.24, 2.45) is 5.92 Å². The van der Waals surface area contributed by atoms with Crippen LogP contribution in [0.3, 0.4) is 0 Å². The molecule has 2 rings (SSSR count). The zero-order valence-corrected chi connectivity index (χ0v) is 21.8. The summed E-state index contributed by atoms with van der Waals surface area (Å²) in [5.74, 6) is -0.979. The Morgan fingerprint density at radius 1 is 1.03 bits per heavy atom. The third-order valence-electron chi connectivity index (χ3n) is 5.59. The van der Waals surface area contributed by atoms with Crippen molar-refractivity contribution in [1.29, 1.82) is 0 Å². The number of sulfonamides is 1. The molecule has 0 fully saturated rings. The molecule has 0 aliphatic rings. The first-order valence-electron chi connectivity index (χ1n) is 11.4. The number of alkyl halides is 3. The van der Waals surface area contributed by atoms with Crippen molar-refractivity contribution < 1.29 is 31.2 Å². The van der Waals surface area contributed by atoms with Gasteiger partial charge in [-0.15, -0.1) is 0 Å². The summed E-state index contributed by atoms with van der Waals surface area (Å²) in [6.07, 6.45) is -3.88. The Labute approximate surface area is 210 Å². The lowest BCUT2D eigenvalue weighted by molar-refractivity contribution is -0.139. The second kappa shape index (κ2) is 11.8. The summed E-state index contributed by atoms with van der Waals surface area (Å²) in [5.41, 5.74) is 0.273. The minimum Gasteiger partial charge on any atom is -0.354 e. The van der Waals surface area contributed by atoms with Crippen LogP contribution in [0.25, 0.3) is 0 Å². The first-order valence-corrected chi connectivity index (χ1v) is 13.2. The van der Waals surface area contributed by atoms with E-state index in [2.05, 4.69) is 5.32 Å². The maximum Gasteiger partial charge on any atom is 0.416 e.